The summed E-state index contributed by atoms with van der Waals surface area (Å²) >= 11 is 0. The van der Waals surface area contributed by atoms with Crippen molar-refractivity contribution in [3.05, 3.63) is 11.8 Å². The largest absolute Gasteiger partial charge is 0.421 e. The van der Waals surface area contributed by atoms with E-state index in [1.54, 1.807) is 0 Å². The monoisotopic (exact) mass is 198 g/mol. The van der Waals surface area contributed by atoms with Gasteiger partial charge in [-0.05, 0) is 0 Å². The number of hydrogen-bond donors (Lipinski definition) is 3. The lowest BCUT2D eigenvalue weighted by Crippen LogP contribution is -2.53. The number of nitrogens with zero attached hydrogens (tertiary/aromatic N) is 1. The van der Waals surface area contributed by atoms with Crippen molar-refractivity contribution in [3.8, 4) is 0 Å². The normalized spacial score (nSPS) is 24.1. The highest BCUT2D eigenvalue weighted by atomic mass is 19.4. The number of rotatable bonds is 0. The van der Waals surface area contributed by atoms with Crippen molar-refractivity contribution in [3.63, 3.8) is 0 Å². The minimum absolute atomic E-state index is 0.475. The van der Waals surface area contributed by atoms with Crippen LogP contribution in [0.4, 0.5) is 17.7 Å². The van der Waals surface area contributed by atoms with Crippen molar-refractivity contribution < 1.29 is 17.7 Å². The van der Waals surface area contributed by atoms with E-state index in [0.717, 1.165) is 0 Å². The first-order valence-electron chi connectivity index (χ1n) is 3.17. The fourth-order valence-electron chi connectivity index (χ4n) is 0.773. The summed E-state index contributed by atoms with van der Waals surface area (Å²) in [5.74, 6) is -1.29. The molecule has 1 heterocycles. The third-order valence-corrected chi connectivity index (χ3v) is 1.42. The van der Waals surface area contributed by atoms with E-state index in [-0.39, 0.29) is 0 Å². The van der Waals surface area contributed by atoms with Crippen molar-refractivity contribution in [2.24, 2.45) is 5.73 Å². The van der Waals surface area contributed by atoms with E-state index in [4.69, 9.17) is 11.1 Å². The molecule has 0 bridgehead atoms. The van der Waals surface area contributed by atoms with Gasteiger partial charge in [-0.15, -0.1) is 0 Å². The zero-order valence-electron chi connectivity index (χ0n) is 6.19. The second kappa shape index (κ2) is 2.87. The Morgan fingerprint density at radius 3 is 2.54 bits per heavy atom. The lowest BCUT2D eigenvalue weighted by atomic mass is 10.2. The maximum Gasteiger partial charge on any atom is 0.421 e. The Kier molecular flexibility index (Phi) is 2.16. The minimum atomic E-state index is -4.76. The molecular formula is C5H6F4N4. The molecule has 0 spiro atoms. The molecule has 0 fully saturated rings. The van der Waals surface area contributed by atoms with Gasteiger partial charge < -0.3 is 5.32 Å². The van der Waals surface area contributed by atoms with E-state index in [2.05, 4.69) is 0 Å². The second-order valence-corrected chi connectivity index (χ2v) is 2.33. The van der Waals surface area contributed by atoms with Crippen LogP contribution in [0, 0.1) is 5.41 Å². The lowest BCUT2D eigenvalue weighted by Gasteiger charge is -2.28. The van der Waals surface area contributed by atoms with Crippen LogP contribution in [0.15, 0.2) is 11.8 Å². The molecule has 1 atom stereocenters. The summed E-state index contributed by atoms with van der Waals surface area (Å²) in [5, 5.41) is 8.21. The highest BCUT2D eigenvalue weighted by Crippen LogP contribution is 2.28. The number of hydrogen-bond acceptors (Lipinski definition) is 3. The van der Waals surface area contributed by atoms with Crippen LogP contribution in [0.2, 0.25) is 0 Å². The maximum absolute atomic E-state index is 12.6. The van der Waals surface area contributed by atoms with Gasteiger partial charge in [0, 0.05) is 6.20 Å². The highest BCUT2D eigenvalue weighted by Gasteiger charge is 2.42. The molecule has 0 aromatic carbocycles. The fourth-order valence-corrected chi connectivity index (χ4v) is 0.773. The summed E-state index contributed by atoms with van der Waals surface area (Å²) in [7, 11) is 0. The van der Waals surface area contributed by atoms with E-state index < -0.39 is 29.0 Å². The molecule has 0 radical (unpaired) electrons. The third-order valence-electron chi connectivity index (χ3n) is 1.42. The summed E-state index contributed by atoms with van der Waals surface area (Å²) in [6.07, 6.45) is -5.73. The topological polar surface area (TPSA) is 65.1 Å². The number of nitrogens with one attached hydrogen (secondary N) is 2. The summed E-state index contributed by atoms with van der Waals surface area (Å²) in [4.78, 5) is 0. The molecular weight excluding hydrogens is 192 g/mol. The van der Waals surface area contributed by atoms with Gasteiger partial charge in [0.05, 0.1) is 0 Å². The maximum atomic E-state index is 12.6. The van der Waals surface area contributed by atoms with Gasteiger partial charge in [0.2, 0.25) is 0 Å². The number of alkyl halides is 3. The average molecular weight is 198 g/mol. The summed E-state index contributed by atoms with van der Waals surface area (Å²) in [6, 6.07) is 0. The molecule has 1 aliphatic heterocycles. The van der Waals surface area contributed by atoms with E-state index in [9.17, 15) is 17.7 Å². The molecule has 8 heteroatoms. The number of halogens is 4. The molecule has 4 nitrogen and oxygen atoms in total. The summed E-state index contributed by atoms with van der Waals surface area (Å²) in [5.41, 5.74) is 3.57. The Bertz CT molecular complexity index is 258. The molecule has 0 amide bonds. The predicted molar refractivity (Wildman–Crippen MR) is 35.9 cm³/mol. The molecule has 0 saturated carbocycles. The van der Waals surface area contributed by atoms with E-state index in [1.807, 2.05) is 5.32 Å². The fraction of sp³-hybridized carbons (Fsp3) is 0.400. The van der Waals surface area contributed by atoms with Gasteiger partial charge in [-0.1, -0.05) is 4.48 Å². The van der Waals surface area contributed by atoms with Crippen LogP contribution in [0.1, 0.15) is 0 Å². The Balaban J connectivity index is 2.96. The van der Waals surface area contributed by atoms with Crippen molar-refractivity contribution in [2.45, 2.75) is 12.5 Å². The molecule has 0 saturated heterocycles. The molecule has 4 N–H and O–H groups in total. The Hall–Kier alpha value is -1.31. The van der Waals surface area contributed by atoms with Crippen LogP contribution in [-0.4, -0.2) is 23.4 Å². The van der Waals surface area contributed by atoms with Gasteiger partial charge >= 0.3 is 6.18 Å². The molecule has 0 aliphatic carbocycles. The van der Waals surface area contributed by atoms with E-state index >= 15 is 0 Å². The van der Waals surface area contributed by atoms with Gasteiger partial charge in [0.15, 0.2) is 12.1 Å². The van der Waals surface area contributed by atoms with Crippen molar-refractivity contribution in [1.29, 1.82) is 5.41 Å². The van der Waals surface area contributed by atoms with Crippen LogP contribution < -0.4 is 11.1 Å². The van der Waals surface area contributed by atoms with Gasteiger partial charge in [-0.2, -0.15) is 18.3 Å². The molecule has 0 aromatic rings. The zero-order valence-corrected chi connectivity index (χ0v) is 6.19. The Morgan fingerprint density at radius 1 is 1.54 bits per heavy atom. The van der Waals surface area contributed by atoms with Crippen molar-refractivity contribution >= 4 is 5.84 Å². The smallest absolute Gasteiger partial charge is 0.357 e. The number of nitrogens with two attached hydrogens (primary N) is 1. The molecule has 1 unspecified atom stereocenters. The molecule has 13 heavy (non-hydrogen) atoms. The van der Waals surface area contributed by atoms with Gasteiger partial charge in [-0.25, -0.2) is 0 Å². The molecule has 74 valence electrons. The molecule has 1 rings (SSSR count). The van der Waals surface area contributed by atoms with Gasteiger partial charge in [0.1, 0.15) is 5.57 Å². The zero-order chi connectivity index (χ0) is 10.2. The van der Waals surface area contributed by atoms with Gasteiger partial charge in [-0.3, -0.25) is 11.1 Å². The summed E-state index contributed by atoms with van der Waals surface area (Å²) in [6.45, 7) is 0. The van der Waals surface area contributed by atoms with E-state index in [1.165, 1.54) is 0 Å². The first-order chi connectivity index (χ1) is 5.84. The molecule has 0 aromatic heterocycles. The average Bonchev–Trinajstić information content (AvgIpc) is 1.98. The standard InChI is InChI=1S/C5H6F4N4/c6-5(7,8)2-1-12-4(11)13(9)3(2)10/h1,4,10,12H,11H2. The van der Waals surface area contributed by atoms with Crippen molar-refractivity contribution in [2.75, 3.05) is 0 Å². The minimum Gasteiger partial charge on any atom is -0.357 e. The Labute approximate surface area is 70.4 Å². The number of amidine groups is 1. The lowest BCUT2D eigenvalue weighted by molar-refractivity contribution is -0.0918. The van der Waals surface area contributed by atoms with E-state index in [0.29, 0.717) is 6.20 Å². The predicted octanol–water partition coefficient (Wildman–Crippen LogP) is 0.442. The van der Waals surface area contributed by atoms with Crippen LogP contribution in [0.25, 0.3) is 0 Å². The van der Waals surface area contributed by atoms with Crippen LogP contribution in [0.3, 0.4) is 0 Å². The van der Waals surface area contributed by atoms with Crippen LogP contribution in [0.5, 0.6) is 0 Å². The SMILES string of the molecule is N=C1C(C(F)(F)F)=CNC(N)N1F. The third kappa shape index (κ3) is 1.72. The Morgan fingerprint density at radius 2 is 2.08 bits per heavy atom. The first kappa shape index (κ1) is 9.78. The second-order valence-electron chi connectivity index (χ2n) is 2.33. The molecule has 1 aliphatic rings. The quantitative estimate of drug-likeness (QED) is 0.391. The summed E-state index contributed by atoms with van der Waals surface area (Å²) < 4.78 is 48.7. The van der Waals surface area contributed by atoms with Gasteiger partial charge in [0.25, 0.3) is 0 Å². The first-order valence-corrected chi connectivity index (χ1v) is 3.17. The van der Waals surface area contributed by atoms with Crippen LogP contribution >= 0.6 is 0 Å². The van der Waals surface area contributed by atoms with Crippen LogP contribution in [-0.2, 0) is 0 Å². The highest BCUT2D eigenvalue weighted by molar-refractivity contribution is 5.97. The van der Waals surface area contributed by atoms with Crippen molar-refractivity contribution in [1.82, 2.24) is 10.4 Å².